The van der Waals surface area contributed by atoms with Crippen molar-refractivity contribution in [1.82, 2.24) is 5.32 Å². The van der Waals surface area contributed by atoms with Crippen molar-refractivity contribution in [3.05, 3.63) is 47.2 Å². The Balaban J connectivity index is 0.000000187. The van der Waals surface area contributed by atoms with E-state index in [9.17, 15) is 20.1 Å². The largest absolute Gasteiger partial charge is 0.870 e. The number of allylic oxidation sites excluding steroid dienone is 2. The highest BCUT2D eigenvalue weighted by molar-refractivity contribution is 6.20. The summed E-state index contributed by atoms with van der Waals surface area (Å²) in [7, 11) is 3.50. The number of phenolic OH excluding ortho intramolecular Hbond substituents is 2. The summed E-state index contributed by atoms with van der Waals surface area (Å²) < 4.78 is 1.76. The molecule has 1 aliphatic carbocycles. The minimum absolute atomic E-state index is 0.180. The van der Waals surface area contributed by atoms with Gasteiger partial charge in [0.25, 0.3) is 0 Å². The van der Waals surface area contributed by atoms with E-state index >= 15 is 0 Å². The molecule has 1 aromatic carbocycles. The number of phenols is 2. The van der Waals surface area contributed by atoms with Crippen LogP contribution in [0.1, 0.15) is 11.7 Å². The third-order valence-electron chi connectivity index (χ3n) is 4.09. The van der Waals surface area contributed by atoms with E-state index in [-0.39, 0.29) is 11.5 Å². The van der Waals surface area contributed by atoms with E-state index in [4.69, 9.17) is 10.2 Å². The molecular weight excluding hydrogens is 340 g/mol. The monoisotopic (exact) mass is 362 g/mol. The van der Waals surface area contributed by atoms with Crippen LogP contribution < -0.4 is 10.4 Å². The maximum absolute atomic E-state index is 11.0. The smallest absolute Gasteiger partial charge is 0.205 e. The van der Waals surface area contributed by atoms with Gasteiger partial charge in [0.1, 0.15) is 13.2 Å². The Bertz CT molecular complexity index is 797. The van der Waals surface area contributed by atoms with Crippen molar-refractivity contribution >= 4 is 11.5 Å². The summed E-state index contributed by atoms with van der Waals surface area (Å²) in [6, 6.07) is 4.26. The summed E-state index contributed by atoms with van der Waals surface area (Å²) in [6.07, 6.45) is 1.20. The summed E-state index contributed by atoms with van der Waals surface area (Å²) in [4.78, 5) is 11.0. The number of aliphatic hydroxyl groups excluding tert-OH is 2. The Morgan fingerprint density at radius 1 is 1.31 bits per heavy atom. The maximum Gasteiger partial charge on any atom is 0.205 e. The van der Waals surface area contributed by atoms with Crippen molar-refractivity contribution < 1.29 is 34.9 Å². The van der Waals surface area contributed by atoms with E-state index in [2.05, 4.69) is 5.32 Å². The number of rotatable bonds is 3. The number of aliphatic hydroxyl groups is 2. The van der Waals surface area contributed by atoms with Gasteiger partial charge in [-0.15, -0.1) is 0 Å². The van der Waals surface area contributed by atoms with Crippen molar-refractivity contribution in [2.45, 2.75) is 12.2 Å². The lowest BCUT2D eigenvalue weighted by molar-refractivity contribution is -0.494. The third-order valence-corrected chi connectivity index (χ3v) is 4.09. The molecule has 2 aliphatic rings. The standard InChI is InChI=1S/C9H9NO3.C9H13NO3/c1-10-4-9(13)5-2-7(11)8(12)3-6(5)10;1-10-5-9(13)6-2-3-7(11)8(12)4-6/h2-3,9,13H,4H2,1H3;2-4,9-13H,5H2,1H3/t;9-/m.0/s1. The van der Waals surface area contributed by atoms with E-state index in [1.165, 1.54) is 24.3 Å². The first-order valence-corrected chi connectivity index (χ1v) is 8.00. The molecule has 1 aliphatic heterocycles. The zero-order valence-corrected chi connectivity index (χ0v) is 14.5. The van der Waals surface area contributed by atoms with Gasteiger partial charge in [-0.2, -0.15) is 0 Å². The number of β-amino-alcohol motifs (C(OH)–C–C–N with tert-alkyl or cyclic N) is 1. The van der Waals surface area contributed by atoms with Gasteiger partial charge in [-0.05, 0) is 30.8 Å². The van der Waals surface area contributed by atoms with Crippen LogP contribution in [0.2, 0.25) is 0 Å². The first kappa shape index (κ1) is 19.6. The molecule has 140 valence electrons. The van der Waals surface area contributed by atoms with Gasteiger partial charge in [-0.3, -0.25) is 4.79 Å². The van der Waals surface area contributed by atoms with E-state index < -0.39 is 23.8 Å². The minimum Gasteiger partial charge on any atom is -0.870 e. The van der Waals surface area contributed by atoms with Crippen LogP contribution in [0.4, 0.5) is 0 Å². The van der Waals surface area contributed by atoms with E-state index in [0.717, 1.165) is 0 Å². The second-order valence-corrected chi connectivity index (χ2v) is 6.08. The molecule has 0 spiro atoms. The van der Waals surface area contributed by atoms with Gasteiger partial charge in [-0.1, -0.05) is 11.8 Å². The molecule has 26 heavy (non-hydrogen) atoms. The van der Waals surface area contributed by atoms with Crippen molar-refractivity contribution in [3.63, 3.8) is 0 Å². The first-order valence-electron chi connectivity index (χ1n) is 8.00. The zero-order chi connectivity index (χ0) is 19.4. The van der Waals surface area contributed by atoms with Crippen LogP contribution in [0, 0.1) is 0 Å². The Hall–Kier alpha value is -2.68. The minimum atomic E-state index is -0.670. The summed E-state index contributed by atoms with van der Waals surface area (Å²) in [5.41, 5.74) is 1.80. The molecule has 0 bridgehead atoms. The number of carbonyl (C=O) groups excluding carboxylic acids is 1. The van der Waals surface area contributed by atoms with Crippen LogP contribution in [-0.4, -0.2) is 69.8 Å². The van der Waals surface area contributed by atoms with Crippen molar-refractivity contribution in [1.29, 1.82) is 0 Å². The molecule has 0 aromatic heterocycles. The molecule has 3 rings (SSSR count). The molecule has 0 saturated carbocycles. The Morgan fingerprint density at radius 3 is 2.62 bits per heavy atom. The quantitative estimate of drug-likeness (QED) is 0.252. The van der Waals surface area contributed by atoms with Gasteiger partial charge < -0.3 is 30.8 Å². The van der Waals surface area contributed by atoms with Gasteiger partial charge in [0.2, 0.25) is 5.71 Å². The number of nitrogens with zero attached hydrogens (tertiary/aromatic N) is 1. The summed E-state index contributed by atoms with van der Waals surface area (Å²) in [5.74, 6) is -1.46. The van der Waals surface area contributed by atoms with Crippen LogP contribution in [-0.2, 0) is 4.79 Å². The number of hydrogen-bond donors (Lipinski definition) is 5. The fourth-order valence-electron chi connectivity index (χ4n) is 2.68. The lowest BCUT2D eigenvalue weighted by atomic mass is 10.00. The summed E-state index contributed by atoms with van der Waals surface area (Å²) in [5, 5.41) is 50.9. The van der Waals surface area contributed by atoms with Crippen LogP contribution in [0.5, 0.6) is 11.5 Å². The number of aromatic hydroxyl groups is 2. The molecule has 1 unspecified atom stereocenters. The molecule has 8 nitrogen and oxygen atoms in total. The highest BCUT2D eigenvalue weighted by atomic mass is 16.3. The number of benzene rings is 1. The molecule has 0 amide bonds. The van der Waals surface area contributed by atoms with Gasteiger partial charge in [0.15, 0.2) is 23.8 Å². The summed E-state index contributed by atoms with van der Waals surface area (Å²) in [6.45, 7) is 0.850. The zero-order valence-electron chi connectivity index (χ0n) is 14.5. The topological polar surface area (TPSA) is 136 Å². The number of nitrogens with one attached hydrogen (secondary N) is 1. The molecule has 1 heterocycles. The number of hydrogen-bond acceptors (Lipinski definition) is 7. The molecule has 0 saturated heterocycles. The molecule has 5 N–H and O–H groups in total. The number of carbonyl (C=O) groups is 1. The number of ketones is 1. The first-order chi connectivity index (χ1) is 12.2. The molecule has 0 fully saturated rings. The van der Waals surface area contributed by atoms with Crippen LogP contribution in [0.15, 0.2) is 41.7 Å². The molecule has 2 atom stereocenters. The van der Waals surface area contributed by atoms with Crippen molar-refractivity contribution in [2.24, 2.45) is 0 Å². The van der Waals surface area contributed by atoms with Gasteiger partial charge in [0, 0.05) is 12.6 Å². The molecular formula is C18H22N2O6. The van der Waals surface area contributed by atoms with Crippen LogP contribution >= 0.6 is 0 Å². The lowest BCUT2D eigenvalue weighted by Crippen LogP contribution is -2.23. The second-order valence-electron chi connectivity index (χ2n) is 6.08. The molecule has 1 aromatic rings. The fraction of sp³-hybridized carbons (Fsp3) is 0.333. The lowest BCUT2D eigenvalue weighted by Gasteiger charge is -2.12. The molecule has 8 heteroatoms. The highest BCUT2D eigenvalue weighted by Crippen LogP contribution is 2.27. The van der Waals surface area contributed by atoms with E-state index in [0.29, 0.717) is 29.9 Å². The van der Waals surface area contributed by atoms with Crippen molar-refractivity contribution in [2.75, 3.05) is 27.2 Å². The Kier molecular flexibility index (Phi) is 6.14. The van der Waals surface area contributed by atoms with Crippen LogP contribution in [0.3, 0.4) is 0 Å². The predicted octanol–water partition coefficient (Wildman–Crippen LogP) is -1.45. The number of fused-ring (bicyclic) bond motifs is 1. The maximum atomic E-state index is 11.0. The summed E-state index contributed by atoms with van der Waals surface area (Å²) >= 11 is 0. The highest BCUT2D eigenvalue weighted by Gasteiger charge is 2.34. The SMILES string of the molecule is CNC[C@H](O)c1ccc(O)c(O)c1.C[N+]1=C2C=C([O-])C(=O)C=C2C(O)C1. The fourth-order valence-corrected chi connectivity index (χ4v) is 2.68. The third kappa shape index (κ3) is 4.29. The Labute approximate surface area is 150 Å². The average molecular weight is 362 g/mol. The van der Waals surface area contributed by atoms with Gasteiger partial charge in [-0.25, -0.2) is 4.58 Å². The van der Waals surface area contributed by atoms with Gasteiger partial charge >= 0.3 is 0 Å². The normalized spacial score (nSPS) is 20.0. The Morgan fingerprint density at radius 2 is 2.00 bits per heavy atom. The van der Waals surface area contributed by atoms with E-state index in [1.807, 2.05) is 0 Å². The van der Waals surface area contributed by atoms with Crippen LogP contribution in [0.25, 0.3) is 0 Å². The predicted molar refractivity (Wildman–Crippen MR) is 91.9 cm³/mol. The van der Waals surface area contributed by atoms with Gasteiger partial charge in [0.05, 0.1) is 11.7 Å². The van der Waals surface area contributed by atoms with Crippen molar-refractivity contribution in [3.8, 4) is 11.5 Å². The number of likely N-dealkylation sites (N-methyl/N-ethyl adjacent to an activating group) is 2. The average Bonchev–Trinajstić information content (AvgIpc) is 2.85. The van der Waals surface area contributed by atoms with E-state index in [1.54, 1.807) is 24.7 Å². The molecule has 0 radical (unpaired) electrons. The second kappa shape index (κ2) is 8.13.